The molecule has 0 bridgehead atoms. The summed E-state index contributed by atoms with van der Waals surface area (Å²) in [6, 6.07) is 8.94. The van der Waals surface area contributed by atoms with Gasteiger partial charge in [0.05, 0.1) is 12.2 Å². The van der Waals surface area contributed by atoms with Gasteiger partial charge in [-0.05, 0) is 35.4 Å². The van der Waals surface area contributed by atoms with Crippen LogP contribution in [0.4, 0.5) is 0 Å². The number of thiophene rings is 1. The summed E-state index contributed by atoms with van der Waals surface area (Å²) in [7, 11) is 1.96. The summed E-state index contributed by atoms with van der Waals surface area (Å²) < 4.78 is 3.23. The molecule has 0 aliphatic heterocycles. The lowest BCUT2D eigenvalue weighted by Crippen LogP contribution is -2.22. The maximum Gasteiger partial charge on any atom is 0.0622 e. The van der Waals surface area contributed by atoms with E-state index in [4.69, 9.17) is 0 Å². The highest BCUT2D eigenvalue weighted by Crippen LogP contribution is 2.32. The minimum atomic E-state index is 0.214. The molecule has 0 aliphatic carbocycles. The number of nitrogens with one attached hydrogen (secondary N) is 1. The minimum Gasteiger partial charge on any atom is -0.306 e. The average molecular weight is 285 g/mol. The fourth-order valence-corrected chi connectivity index (χ4v) is 3.47. The third kappa shape index (κ3) is 2.49. The number of fused-ring (bicyclic) bond motifs is 1. The lowest BCUT2D eigenvalue weighted by atomic mass is 10.00. The van der Waals surface area contributed by atoms with Crippen molar-refractivity contribution in [3.63, 3.8) is 0 Å². The number of hydrogen-bond acceptors (Lipinski definition) is 3. The summed E-state index contributed by atoms with van der Waals surface area (Å²) in [4.78, 5) is 0. The third-order valence-electron chi connectivity index (χ3n) is 3.48. The van der Waals surface area contributed by atoms with Crippen LogP contribution in [-0.2, 0) is 7.05 Å². The van der Waals surface area contributed by atoms with Crippen LogP contribution in [0.3, 0.4) is 0 Å². The fourth-order valence-electron chi connectivity index (χ4n) is 2.53. The Labute approximate surface area is 123 Å². The van der Waals surface area contributed by atoms with Gasteiger partial charge in [0.25, 0.3) is 0 Å². The monoisotopic (exact) mass is 285 g/mol. The molecule has 0 fully saturated rings. The van der Waals surface area contributed by atoms with Gasteiger partial charge in [-0.25, -0.2) is 0 Å². The molecule has 1 aromatic carbocycles. The van der Waals surface area contributed by atoms with Crippen molar-refractivity contribution < 1.29 is 0 Å². The Morgan fingerprint density at radius 3 is 3.00 bits per heavy atom. The molecule has 1 unspecified atom stereocenters. The Balaban J connectivity index is 2.06. The molecule has 0 amide bonds. The zero-order chi connectivity index (χ0) is 13.9. The first-order valence-electron chi connectivity index (χ1n) is 6.97. The number of aryl methyl sites for hydroxylation is 1. The summed E-state index contributed by atoms with van der Waals surface area (Å²) in [6.07, 6.45) is 5.18. The molecule has 1 N–H and O–H groups in total. The van der Waals surface area contributed by atoms with E-state index < -0.39 is 0 Å². The van der Waals surface area contributed by atoms with Crippen molar-refractivity contribution >= 4 is 21.4 Å². The molecule has 20 heavy (non-hydrogen) atoms. The maximum atomic E-state index is 4.32. The maximum absolute atomic E-state index is 4.32. The summed E-state index contributed by atoms with van der Waals surface area (Å²) in [6.45, 7) is 3.19. The lowest BCUT2D eigenvalue weighted by molar-refractivity contribution is 0.601. The predicted octanol–water partition coefficient (Wildman–Crippen LogP) is 3.72. The van der Waals surface area contributed by atoms with Crippen LogP contribution in [0.2, 0.25) is 0 Å². The first-order valence-corrected chi connectivity index (χ1v) is 7.85. The van der Waals surface area contributed by atoms with Gasteiger partial charge in [-0.2, -0.15) is 5.10 Å². The Bertz CT molecular complexity index is 698. The third-order valence-corrected chi connectivity index (χ3v) is 4.46. The topological polar surface area (TPSA) is 29.9 Å². The largest absolute Gasteiger partial charge is 0.306 e. The minimum absolute atomic E-state index is 0.214. The van der Waals surface area contributed by atoms with Gasteiger partial charge in [-0.1, -0.05) is 25.1 Å². The number of benzene rings is 1. The number of hydrogen-bond donors (Lipinski definition) is 1. The Morgan fingerprint density at radius 1 is 1.35 bits per heavy atom. The fraction of sp³-hybridized carbons (Fsp3) is 0.312. The molecule has 0 saturated heterocycles. The zero-order valence-electron chi connectivity index (χ0n) is 11.8. The Kier molecular flexibility index (Phi) is 3.85. The van der Waals surface area contributed by atoms with Gasteiger partial charge in [0.1, 0.15) is 0 Å². The van der Waals surface area contributed by atoms with E-state index in [2.05, 4.69) is 53.2 Å². The predicted molar refractivity (Wildman–Crippen MR) is 85.2 cm³/mol. The van der Waals surface area contributed by atoms with Gasteiger partial charge in [0.2, 0.25) is 0 Å². The highest BCUT2D eigenvalue weighted by Gasteiger charge is 2.17. The number of rotatable bonds is 5. The molecule has 0 spiro atoms. The molecular weight excluding hydrogens is 266 g/mol. The van der Waals surface area contributed by atoms with E-state index in [1.165, 1.54) is 21.2 Å². The van der Waals surface area contributed by atoms with Crippen LogP contribution in [0.25, 0.3) is 10.1 Å². The van der Waals surface area contributed by atoms with Gasteiger partial charge in [0.15, 0.2) is 0 Å². The second kappa shape index (κ2) is 5.77. The van der Waals surface area contributed by atoms with E-state index in [-0.39, 0.29) is 6.04 Å². The number of nitrogens with zero attached hydrogens (tertiary/aromatic N) is 2. The van der Waals surface area contributed by atoms with Gasteiger partial charge >= 0.3 is 0 Å². The zero-order valence-corrected chi connectivity index (χ0v) is 12.7. The van der Waals surface area contributed by atoms with Crippen LogP contribution in [0.5, 0.6) is 0 Å². The second-order valence-electron chi connectivity index (χ2n) is 5.02. The first kappa shape index (κ1) is 13.3. The van der Waals surface area contributed by atoms with Crippen molar-refractivity contribution in [1.82, 2.24) is 15.1 Å². The molecule has 0 saturated carbocycles. The van der Waals surface area contributed by atoms with E-state index in [1.54, 1.807) is 0 Å². The van der Waals surface area contributed by atoms with E-state index >= 15 is 0 Å². The van der Waals surface area contributed by atoms with Crippen LogP contribution in [0.1, 0.15) is 30.5 Å². The Hall–Kier alpha value is -1.65. The van der Waals surface area contributed by atoms with Gasteiger partial charge in [-0.3, -0.25) is 4.68 Å². The van der Waals surface area contributed by atoms with Crippen LogP contribution < -0.4 is 5.32 Å². The van der Waals surface area contributed by atoms with Crippen molar-refractivity contribution in [1.29, 1.82) is 0 Å². The molecule has 1 atom stereocenters. The molecule has 3 aromatic rings. The van der Waals surface area contributed by atoms with Crippen LogP contribution >= 0.6 is 11.3 Å². The molecule has 104 valence electrons. The SMILES string of the molecule is CCCNC(c1cnn(C)c1)c1cccc2ccsc12. The molecule has 3 rings (SSSR count). The summed E-state index contributed by atoms with van der Waals surface area (Å²) >= 11 is 1.81. The standard InChI is InChI=1S/C16H19N3S/c1-3-8-17-15(13-10-18-19(2)11-13)14-6-4-5-12-7-9-20-16(12)14/h4-7,9-11,15,17H,3,8H2,1-2H3. The molecule has 4 heteroatoms. The highest BCUT2D eigenvalue weighted by atomic mass is 32.1. The van der Waals surface area contributed by atoms with E-state index in [0.29, 0.717) is 0 Å². The highest BCUT2D eigenvalue weighted by molar-refractivity contribution is 7.17. The molecule has 0 aliphatic rings. The summed E-state index contributed by atoms with van der Waals surface area (Å²) in [5.74, 6) is 0. The molecule has 0 radical (unpaired) electrons. The van der Waals surface area contributed by atoms with Crippen molar-refractivity contribution in [2.75, 3.05) is 6.54 Å². The molecule has 2 aromatic heterocycles. The van der Waals surface area contributed by atoms with Crippen molar-refractivity contribution in [3.8, 4) is 0 Å². The van der Waals surface area contributed by atoms with Crippen molar-refractivity contribution in [3.05, 3.63) is 53.2 Å². The van der Waals surface area contributed by atoms with E-state index in [0.717, 1.165) is 13.0 Å². The van der Waals surface area contributed by atoms with E-state index in [1.807, 2.05) is 29.3 Å². The lowest BCUT2D eigenvalue weighted by Gasteiger charge is -2.18. The summed E-state index contributed by atoms with van der Waals surface area (Å²) in [5.41, 5.74) is 2.57. The van der Waals surface area contributed by atoms with Crippen LogP contribution in [0, 0.1) is 0 Å². The van der Waals surface area contributed by atoms with E-state index in [9.17, 15) is 0 Å². The van der Waals surface area contributed by atoms with Gasteiger partial charge < -0.3 is 5.32 Å². The second-order valence-corrected chi connectivity index (χ2v) is 5.94. The smallest absolute Gasteiger partial charge is 0.0622 e. The quantitative estimate of drug-likeness (QED) is 0.774. The van der Waals surface area contributed by atoms with Crippen molar-refractivity contribution in [2.45, 2.75) is 19.4 Å². The van der Waals surface area contributed by atoms with Crippen molar-refractivity contribution in [2.24, 2.45) is 7.05 Å². The number of aromatic nitrogens is 2. The van der Waals surface area contributed by atoms with Crippen LogP contribution in [0.15, 0.2) is 42.0 Å². The normalized spacial score (nSPS) is 12.9. The average Bonchev–Trinajstić information content (AvgIpc) is 3.08. The summed E-state index contributed by atoms with van der Waals surface area (Å²) in [5, 5.41) is 11.4. The van der Waals surface area contributed by atoms with Gasteiger partial charge in [0, 0.05) is 23.5 Å². The molecular formula is C16H19N3S. The first-order chi connectivity index (χ1) is 9.79. The molecule has 3 nitrogen and oxygen atoms in total. The Morgan fingerprint density at radius 2 is 2.25 bits per heavy atom. The van der Waals surface area contributed by atoms with Crippen LogP contribution in [-0.4, -0.2) is 16.3 Å². The van der Waals surface area contributed by atoms with Gasteiger partial charge in [-0.15, -0.1) is 11.3 Å². The molecule has 2 heterocycles.